The third-order valence-electron chi connectivity index (χ3n) is 2.70. The first-order valence-corrected chi connectivity index (χ1v) is 7.78. The first-order chi connectivity index (χ1) is 8.51. The molecule has 0 saturated heterocycles. The highest BCUT2D eigenvalue weighted by atomic mass is 32.2. The highest BCUT2D eigenvalue weighted by Gasteiger charge is 2.29. The summed E-state index contributed by atoms with van der Waals surface area (Å²) in [5.74, 6) is 1.37. The fraction of sp³-hybridized carbons (Fsp3) is 0.727. The van der Waals surface area contributed by atoms with Crippen LogP contribution < -0.4 is 11.1 Å². The van der Waals surface area contributed by atoms with Crippen LogP contribution in [0.5, 0.6) is 0 Å². The van der Waals surface area contributed by atoms with E-state index >= 15 is 0 Å². The Kier molecular flexibility index (Phi) is 6.04. The van der Waals surface area contributed by atoms with Crippen molar-refractivity contribution in [1.29, 1.82) is 0 Å². The third-order valence-corrected chi connectivity index (χ3v) is 4.58. The second-order valence-electron chi connectivity index (χ2n) is 4.16. The monoisotopic (exact) mass is 288 g/mol. The molecule has 0 aliphatic heterocycles. The third kappa shape index (κ3) is 4.22. The maximum absolute atomic E-state index is 11.4. The number of nitrogens with one attached hydrogen (secondary N) is 1. The summed E-state index contributed by atoms with van der Waals surface area (Å²) < 4.78 is 5.18. The van der Waals surface area contributed by atoms with Crippen molar-refractivity contribution >= 4 is 29.2 Å². The van der Waals surface area contributed by atoms with Crippen LogP contribution in [0.3, 0.4) is 0 Å². The summed E-state index contributed by atoms with van der Waals surface area (Å²) in [6.07, 6.45) is 1.54. The first-order valence-electron chi connectivity index (χ1n) is 6.02. The molecule has 1 rings (SSSR count). The number of rotatable bonds is 8. The maximum Gasteiger partial charge on any atom is 0.237 e. The number of nitrogens with zero attached hydrogens (tertiary/aromatic N) is 2. The Labute approximate surface area is 116 Å². The Bertz CT molecular complexity index is 396. The molecule has 1 atom stereocenters. The summed E-state index contributed by atoms with van der Waals surface area (Å²) in [5, 5.41) is 3.14. The second-order valence-corrected chi connectivity index (χ2v) is 6.25. The Balaban J connectivity index is 2.46. The molecular weight excluding hydrogens is 268 g/mol. The van der Waals surface area contributed by atoms with Gasteiger partial charge in [-0.05, 0) is 31.4 Å². The lowest BCUT2D eigenvalue weighted by molar-refractivity contribution is -0.123. The van der Waals surface area contributed by atoms with Crippen molar-refractivity contribution < 1.29 is 4.79 Å². The molecule has 18 heavy (non-hydrogen) atoms. The molecule has 1 aromatic rings. The number of aromatic nitrogens is 2. The van der Waals surface area contributed by atoms with E-state index in [9.17, 15) is 4.79 Å². The summed E-state index contributed by atoms with van der Waals surface area (Å²) in [7, 11) is 0. The van der Waals surface area contributed by atoms with Crippen molar-refractivity contribution in [3.63, 3.8) is 0 Å². The van der Waals surface area contributed by atoms with E-state index in [1.807, 2.05) is 20.8 Å². The van der Waals surface area contributed by atoms with Crippen molar-refractivity contribution in [2.45, 2.75) is 43.5 Å². The smallest absolute Gasteiger partial charge is 0.237 e. The van der Waals surface area contributed by atoms with Gasteiger partial charge in [0.15, 0.2) is 4.34 Å². The van der Waals surface area contributed by atoms with E-state index in [0.29, 0.717) is 6.42 Å². The molecule has 0 spiro atoms. The van der Waals surface area contributed by atoms with Crippen LogP contribution in [0.2, 0.25) is 0 Å². The van der Waals surface area contributed by atoms with Crippen LogP contribution in [0.1, 0.15) is 33.0 Å². The fourth-order valence-electron chi connectivity index (χ4n) is 1.47. The van der Waals surface area contributed by atoms with Crippen LogP contribution in [0.25, 0.3) is 0 Å². The number of hydrogen-bond acceptors (Lipinski definition) is 6. The van der Waals surface area contributed by atoms with Gasteiger partial charge >= 0.3 is 0 Å². The highest BCUT2D eigenvalue weighted by molar-refractivity contribution is 8.00. The maximum atomic E-state index is 11.4. The predicted molar refractivity (Wildman–Crippen MR) is 75.9 cm³/mol. The van der Waals surface area contributed by atoms with Gasteiger partial charge in [-0.3, -0.25) is 4.79 Å². The van der Waals surface area contributed by atoms with E-state index in [1.165, 1.54) is 11.5 Å². The first kappa shape index (κ1) is 15.4. The lowest BCUT2D eigenvalue weighted by Crippen LogP contribution is -2.53. The minimum Gasteiger partial charge on any atom is -0.368 e. The van der Waals surface area contributed by atoms with E-state index in [4.69, 9.17) is 5.73 Å². The van der Waals surface area contributed by atoms with E-state index < -0.39 is 5.54 Å². The fourth-order valence-corrected chi connectivity index (χ4v) is 3.40. The highest BCUT2D eigenvalue weighted by Crippen LogP contribution is 2.23. The summed E-state index contributed by atoms with van der Waals surface area (Å²) in [5.41, 5.74) is 4.79. The zero-order valence-corrected chi connectivity index (χ0v) is 12.7. The van der Waals surface area contributed by atoms with Gasteiger partial charge in [-0.1, -0.05) is 25.6 Å². The summed E-state index contributed by atoms with van der Waals surface area (Å²) in [6.45, 7) is 6.57. The zero-order valence-electron chi connectivity index (χ0n) is 11.0. The molecule has 0 aromatic carbocycles. The molecule has 0 aliphatic carbocycles. The molecule has 1 heterocycles. The summed E-state index contributed by atoms with van der Waals surface area (Å²) in [6, 6.07) is 0. The molecule has 102 valence electrons. The molecule has 1 aromatic heterocycles. The van der Waals surface area contributed by atoms with Crippen LogP contribution in [0.15, 0.2) is 4.34 Å². The van der Waals surface area contributed by atoms with Gasteiger partial charge in [0.05, 0.1) is 5.54 Å². The van der Waals surface area contributed by atoms with Crippen LogP contribution in [0.4, 0.5) is 0 Å². The Morgan fingerprint density at radius 3 is 2.78 bits per heavy atom. The summed E-state index contributed by atoms with van der Waals surface area (Å²) in [4.78, 5) is 15.8. The van der Waals surface area contributed by atoms with Crippen molar-refractivity contribution in [3.05, 3.63) is 5.82 Å². The van der Waals surface area contributed by atoms with E-state index in [2.05, 4.69) is 14.7 Å². The van der Waals surface area contributed by atoms with Gasteiger partial charge < -0.3 is 11.1 Å². The molecular formula is C11H20N4OS2. The average molecular weight is 288 g/mol. The van der Waals surface area contributed by atoms with E-state index in [-0.39, 0.29) is 5.91 Å². The van der Waals surface area contributed by atoms with Crippen LogP contribution in [0, 0.1) is 0 Å². The molecule has 1 unspecified atom stereocenters. The van der Waals surface area contributed by atoms with Crippen LogP contribution in [-0.2, 0) is 11.2 Å². The quantitative estimate of drug-likeness (QED) is 0.707. The van der Waals surface area contributed by atoms with Crippen molar-refractivity contribution in [1.82, 2.24) is 14.7 Å². The zero-order chi connectivity index (χ0) is 13.6. The van der Waals surface area contributed by atoms with Gasteiger partial charge in [0.1, 0.15) is 5.82 Å². The number of likely N-dealkylation sites (N-methyl/N-ethyl adjacent to an activating group) is 1. The van der Waals surface area contributed by atoms with E-state index in [1.54, 1.807) is 11.8 Å². The average Bonchev–Trinajstić information content (AvgIpc) is 2.77. The van der Waals surface area contributed by atoms with Gasteiger partial charge in [0.2, 0.25) is 5.91 Å². The Morgan fingerprint density at radius 1 is 1.56 bits per heavy atom. The number of carbonyl (C=O) groups is 1. The molecule has 7 heteroatoms. The number of nitrogens with two attached hydrogens (primary N) is 1. The molecule has 3 N–H and O–H groups in total. The molecule has 5 nitrogen and oxygen atoms in total. The van der Waals surface area contributed by atoms with Crippen molar-refractivity contribution in [2.75, 3.05) is 12.3 Å². The molecule has 0 aliphatic rings. The minimum absolute atomic E-state index is 0.309. The minimum atomic E-state index is -0.639. The van der Waals surface area contributed by atoms with Crippen molar-refractivity contribution in [2.24, 2.45) is 5.73 Å². The Hall–Kier alpha value is -0.660. The normalized spacial score (nSPS) is 14.4. The van der Waals surface area contributed by atoms with E-state index in [0.717, 1.165) is 28.9 Å². The lowest BCUT2D eigenvalue weighted by Gasteiger charge is -2.26. The molecule has 0 saturated carbocycles. The van der Waals surface area contributed by atoms with Crippen molar-refractivity contribution in [3.8, 4) is 0 Å². The van der Waals surface area contributed by atoms with Crippen LogP contribution in [-0.4, -0.2) is 33.1 Å². The van der Waals surface area contributed by atoms with Gasteiger partial charge in [-0.15, -0.1) is 0 Å². The lowest BCUT2D eigenvalue weighted by atomic mass is 9.98. The van der Waals surface area contributed by atoms with Gasteiger partial charge in [0, 0.05) is 12.2 Å². The molecule has 0 radical (unpaired) electrons. The standard InChI is InChI=1S/C11H20N4OS2/c1-4-8-14-10(18-15-8)17-7-6-11(3,9(12)16)13-5-2/h13H,4-7H2,1-3H3,(H2,12,16). The Morgan fingerprint density at radius 2 is 2.28 bits per heavy atom. The SMILES string of the molecule is CCNC(C)(CCSc1nc(CC)ns1)C(N)=O. The molecule has 1 amide bonds. The number of carbonyl (C=O) groups excluding carboxylic acids is 1. The second kappa shape index (κ2) is 7.06. The number of thioether (sulfide) groups is 1. The van der Waals surface area contributed by atoms with Crippen LogP contribution >= 0.6 is 23.3 Å². The number of amides is 1. The van der Waals surface area contributed by atoms with Gasteiger partial charge in [-0.2, -0.15) is 4.37 Å². The topological polar surface area (TPSA) is 80.9 Å². The van der Waals surface area contributed by atoms with Gasteiger partial charge in [0.25, 0.3) is 0 Å². The largest absolute Gasteiger partial charge is 0.368 e. The molecule has 0 fully saturated rings. The van der Waals surface area contributed by atoms with Gasteiger partial charge in [-0.25, -0.2) is 4.98 Å². The predicted octanol–water partition coefficient (Wildman–Crippen LogP) is 1.44. The number of hydrogen-bond donors (Lipinski definition) is 2. The summed E-state index contributed by atoms with van der Waals surface area (Å²) >= 11 is 3.04. The molecule has 0 bridgehead atoms. The number of aryl methyl sites for hydroxylation is 1. The number of primary amides is 1.